The molecular formula is C10H16O2. The van der Waals surface area contributed by atoms with Crippen molar-refractivity contribution in [3.63, 3.8) is 0 Å². The van der Waals surface area contributed by atoms with E-state index in [1.165, 1.54) is 0 Å². The van der Waals surface area contributed by atoms with Gasteiger partial charge in [0.1, 0.15) is 0 Å². The molecule has 0 saturated heterocycles. The van der Waals surface area contributed by atoms with Gasteiger partial charge in [0, 0.05) is 18.4 Å². The van der Waals surface area contributed by atoms with Crippen molar-refractivity contribution in [1.82, 2.24) is 0 Å². The average molecular weight is 168 g/mol. The Balaban J connectivity index is 2.69. The zero-order valence-corrected chi connectivity index (χ0v) is 7.57. The van der Waals surface area contributed by atoms with Crippen LogP contribution in [0.1, 0.15) is 13.8 Å². The number of rotatable bonds is 2. The molecule has 0 amide bonds. The maximum absolute atomic E-state index is 9.48. The third kappa shape index (κ3) is 1.96. The summed E-state index contributed by atoms with van der Waals surface area (Å²) in [6, 6.07) is 0. The molecule has 0 bridgehead atoms. The molecule has 3 unspecified atom stereocenters. The lowest BCUT2D eigenvalue weighted by Crippen LogP contribution is -2.18. The minimum absolute atomic E-state index is 0.128. The van der Waals surface area contributed by atoms with Gasteiger partial charge >= 0.3 is 0 Å². The summed E-state index contributed by atoms with van der Waals surface area (Å²) in [5.41, 5.74) is 1.03. The highest BCUT2D eigenvalue weighted by Gasteiger charge is 2.16. The molecule has 1 rings (SSSR count). The van der Waals surface area contributed by atoms with Crippen LogP contribution in [0.3, 0.4) is 0 Å². The van der Waals surface area contributed by atoms with Crippen LogP contribution in [-0.2, 0) is 0 Å². The largest absolute Gasteiger partial charge is 0.396 e. The number of hydrogen-bond acceptors (Lipinski definition) is 2. The molecule has 0 saturated carbocycles. The second kappa shape index (κ2) is 3.87. The summed E-state index contributed by atoms with van der Waals surface area (Å²) < 4.78 is 0. The van der Waals surface area contributed by atoms with Crippen molar-refractivity contribution in [2.24, 2.45) is 11.8 Å². The number of hydrogen-bond donors (Lipinski definition) is 2. The van der Waals surface area contributed by atoms with E-state index in [0.29, 0.717) is 0 Å². The van der Waals surface area contributed by atoms with E-state index in [2.05, 4.69) is 0 Å². The highest BCUT2D eigenvalue weighted by molar-refractivity contribution is 5.27. The smallest absolute Gasteiger partial charge is 0.0786 e. The van der Waals surface area contributed by atoms with Crippen LogP contribution in [0.2, 0.25) is 0 Å². The first-order chi connectivity index (χ1) is 5.65. The highest BCUT2D eigenvalue weighted by atomic mass is 16.3. The molecule has 0 aliphatic heterocycles. The molecule has 68 valence electrons. The fraction of sp³-hybridized carbons (Fsp3) is 0.600. The van der Waals surface area contributed by atoms with Gasteiger partial charge in [-0.1, -0.05) is 32.1 Å². The summed E-state index contributed by atoms with van der Waals surface area (Å²) >= 11 is 0. The fourth-order valence-corrected chi connectivity index (χ4v) is 1.22. The quantitative estimate of drug-likeness (QED) is 0.648. The molecule has 12 heavy (non-hydrogen) atoms. The van der Waals surface area contributed by atoms with Gasteiger partial charge in [0.2, 0.25) is 0 Å². The summed E-state index contributed by atoms with van der Waals surface area (Å²) in [5, 5.41) is 18.4. The second-order valence-corrected chi connectivity index (χ2v) is 3.46. The molecule has 0 fully saturated rings. The Morgan fingerprint density at radius 2 is 2.25 bits per heavy atom. The van der Waals surface area contributed by atoms with Crippen molar-refractivity contribution in [3.05, 3.63) is 23.8 Å². The third-order valence-electron chi connectivity index (χ3n) is 2.34. The summed E-state index contributed by atoms with van der Waals surface area (Å²) in [6.45, 7) is 4.05. The van der Waals surface area contributed by atoms with Crippen LogP contribution in [0.15, 0.2) is 23.8 Å². The number of aliphatic hydroxyl groups is 2. The molecule has 2 nitrogen and oxygen atoms in total. The van der Waals surface area contributed by atoms with Crippen molar-refractivity contribution >= 4 is 0 Å². The van der Waals surface area contributed by atoms with E-state index in [0.717, 1.165) is 5.57 Å². The van der Waals surface area contributed by atoms with Gasteiger partial charge in [0.25, 0.3) is 0 Å². The Bertz CT molecular complexity index is 206. The molecule has 0 aromatic rings. The Morgan fingerprint density at radius 1 is 1.58 bits per heavy atom. The summed E-state index contributed by atoms with van der Waals surface area (Å²) in [7, 11) is 0. The van der Waals surface area contributed by atoms with Crippen LogP contribution in [0.5, 0.6) is 0 Å². The molecule has 1 aliphatic carbocycles. The van der Waals surface area contributed by atoms with Gasteiger partial charge in [-0.3, -0.25) is 0 Å². The standard InChI is InChI=1S/C10H16O2/c1-7-3-4-9(5-10(7)12)8(2)6-11/h3-5,7-8,10-12H,6H2,1-2H3. The first kappa shape index (κ1) is 9.49. The summed E-state index contributed by atoms with van der Waals surface area (Å²) in [4.78, 5) is 0. The van der Waals surface area contributed by atoms with Crippen LogP contribution in [0.25, 0.3) is 0 Å². The second-order valence-electron chi connectivity index (χ2n) is 3.46. The van der Waals surface area contributed by atoms with Crippen LogP contribution in [-0.4, -0.2) is 22.9 Å². The highest BCUT2D eigenvalue weighted by Crippen LogP contribution is 2.21. The maximum atomic E-state index is 9.48. The first-order valence-corrected chi connectivity index (χ1v) is 4.34. The average Bonchev–Trinajstić information content (AvgIpc) is 2.08. The van der Waals surface area contributed by atoms with E-state index in [4.69, 9.17) is 5.11 Å². The lowest BCUT2D eigenvalue weighted by molar-refractivity contribution is 0.180. The van der Waals surface area contributed by atoms with Gasteiger partial charge in [-0.15, -0.1) is 0 Å². The SMILES string of the molecule is CC(CO)C1=CC(O)C(C)C=C1. The van der Waals surface area contributed by atoms with Gasteiger partial charge in [-0.05, 0) is 5.57 Å². The van der Waals surface area contributed by atoms with Gasteiger partial charge in [0.15, 0.2) is 0 Å². The van der Waals surface area contributed by atoms with E-state index >= 15 is 0 Å². The minimum Gasteiger partial charge on any atom is -0.396 e. The Labute approximate surface area is 73.2 Å². The van der Waals surface area contributed by atoms with E-state index < -0.39 is 0 Å². The Hall–Kier alpha value is -0.600. The van der Waals surface area contributed by atoms with Crippen molar-refractivity contribution in [2.45, 2.75) is 20.0 Å². The summed E-state index contributed by atoms with van der Waals surface area (Å²) in [6.07, 6.45) is 5.40. The molecule has 0 spiro atoms. The molecule has 2 N–H and O–H groups in total. The van der Waals surface area contributed by atoms with Crippen molar-refractivity contribution in [3.8, 4) is 0 Å². The van der Waals surface area contributed by atoms with Crippen LogP contribution < -0.4 is 0 Å². The van der Waals surface area contributed by atoms with E-state index in [1.807, 2.05) is 32.1 Å². The molecule has 0 heterocycles. The zero-order valence-electron chi connectivity index (χ0n) is 7.57. The minimum atomic E-state index is -0.390. The predicted molar refractivity (Wildman–Crippen MR) is 48.6 cm³/mol. The summed E-state index contributed by atoms with van der Waals surface area (Å²) in [5.74, 6) is 0.322. The van der Waals surface area contributed by atoms with Crippen LogP contribution in [0.4, 0.5) is 0 Å². The predicted octanol–water partition coefficient (Wildman–Crippen LogP) is 1.11. The lowest BCUT2D eigenvalue weighted by atomic mass is 9.90. The van der Waals surface area contributed by atoms with E-state index in [9.17, 15) is 5.11 Å². The first-order valence-electron chi connectivity index (χ1n) is 4.34. The topological polar surface area (TPSA) is 40.5 Å². The molecule has 0 aromatic carbocycles. The van der Waals surface area contributed by atoms with Crippen LogP contribution in [0, 0.1) is 11.8 Å². The zero-order chi connectivity index (χ0) is 9.14. The number of allylic oxidation sites excluding steroid dienone is 1. The van der Waals surface area contributed by atoms with Crippen LogP contribution >= 0.6 is 0 Å². The van der Waals surface area contributed by atoms with Crippen molar-refractivity contribution in [1.29, 1.82) is 0 Å². The molecular weight excluding hydrogens is 152 g/mol. The van der Waals surface area contributed by atoms with Crippen molar-refractivity contribution < 1.29 is 10.2 Å². The van der Waals surface area contributed by atoms with Gasteiger partial charge in [-0.2, -0.15) is 0 Å². The molecule has 1 aliphatic rings. The van der Waals surface area contributed by atoms with Gasteiger partial charge in [0.05, 0.1) is 6.10 Å². The number of aliphatic hydroxyl groups excluding tert-OH is 2. The maximum Gasteiger partial charge on any atom is 0.0786 e. The molecule has 3 atom stereocenters. The molecule has 2 heteroatoms. The van der Waals surface area contributed by atoms with Gasteiger partial charge < -0.3 is 10.2 Å². The molecule has 0 radical (unpaired) electrons. The van der Waals surface area contributed by atoms with E-state index in [-0.39, 0.29) is 24.5 Å². The molecule has 0 aromatic heterocycles. The third-order valence-corrected chi connectivity index (χ3v) is 2.34. The van der Waals surface area contributed by atoms with Gasteiger partial charge in [-0.25, -0.2) is 0 Å². The fourth-order valence-electron chi connectivity index (χ4n) is 1.22. The van der Waals surface area contributed by atoms with E-state index in [1.54, 1.807) is 0 Å². The monoisotopic (exact) mass is 168 g/mol. The normalized spacial score (nSPS) is 31.5. The Morgan fingerprint density at radius 3 is 2.75 bits per heavy atom. The lowest BCUT2D eigenvalue weighted by Gasteiger charge is -2.20. The Kier molecular flexibility index (Phi) is 3.06. The van der Waals surface area contributed by atoms with Crippen molar-refractivity contribution in [2.75, 3.05) is 6.61 Å².